The fourth-order valence-electron chi connectivity index (χ4n) is 2.19. The van der Waals surface area contributed by atoms with Crippen LogP contribution in [0.15, 0.2) is 0 Å². The predicted octanol–water partition coefficient (Wildman–Crippen LogP) is 0.809. The van der Waals surface area contributed by atoms with Crippen molar-refractivity contribution in [2.75, 3.05) is 32.8 Å². The number of carboxylic acids is 1. The fraction of sp³-hybridized carbons (Fsp3) is 0.857. The first-order valence-electron chi connectivity index (χ1n) is 7.06. The first kappa shape index (κ1) is 16.9. The molecular formula is C14H26N2O4. The third kappa shape index (κ3) is 5.46. The zero-order valence-electron chi connectivity index (χ0n) is 12.9. The van der Waals surface area contributed by atoms with Gasteiger partial charge in [-0.05, 0) is 27.7 Å². The number of nitrogens with zero attached hydrogens (tertiary/aromatic N) is 2. The van der Waals surface area contributed by atoms with Crippen molar-refractivity contribution < 1.29 is 19.4 Å². The zero-order chi connectivity index (χ0) is 15.3. The molecule has 0 aliphatic carbocycles. The number of morpholine rings is 1. The fourth-order valence-corrected chi connectivity index (χ4v) is 2.19. The lowest BCUT2D eigenvalue weighted by atomic mass is 10.1. The van der Waals surface area contributed by atoms with E-state index in [1.807, 2.05) is 32.6 Å². The molecule has 0 aromatic rings. The molecule has 1 N–H and O–H groups in total. The third-order valence-electron chi connectivity index (χ3n) is 3.46. The number of carbonyl (C=O) groups excluding carboxylic acids is 1. The minimum atomic E-state index is -0.841. The second-order valence-corrected chi connectivity index (χ2v) is 6.26. The van der Waals surface area contributed by atoms with Gasteiger partial charge in [0.15, 0.2) is 0 Å². The van der Waals surface area contributed by atoms with Gasteiger partial charge in [0.2, 0.25) is 5.91 Å². The number of hydrogen-bond donors (Lipinski definition) is 1. The first-order valence-corrected chi connectivity index (χ1v) is 7.06. The van der Waals surface area contributed by atoms with Crippen LogP contribution < -0.4 is 0 Å². The molecular weight excluding hydrogens is 260 g/mol. The summed E-state index contributed by atoms with van der Waals surface area (Å²) in [4.78, 5) is 26.8. The maximum absolute atomic E-state index is 12.3. The first-order chi connectivity index (χ1) is 9.20. The summed E-state index contributed by atoms with van der Waals surface area (Å²) in [5, 5.41) is 8.81. The van der Waals surface area contributed by atoms with Gasteiger partial charge in [-0.25, -0.2) is 0 Å². The van der Waals surface area contributed by atoms with Crippen LogP contribution in [-0.2, 0) is 14.3 Å². The Hall–Kier alpha value is -1.14. The van der Waals surface area contributed by atoms with Gasteiger partial charge in [0.25, 0.3) is 0 Å². The van der Waals surface area contributed by atoms with E-state index in [9.17, 15) is 9.59 Å². The van der Waals surface area contributed by atoms with Crippen molar-refractivity contribution in [3.8, 4) is 0 Å². The second-order valence-electron chi connectivity index (χ2n) is 6.26. The van der Waals surface area contributed by atoms with Crippen molar-refractivity contribution in [1.29, 1.82) is 0 Å². The van der Waals surface area contributed by atoms with E-state index in [1.165, 1.54) is 0 Å². The number of ether oxygens (including phenoxy) is 1. The molecule has 1 atom stereocenters. The van der Waals surface area contributed by atoms with Crippen molar-refractivity contribution in [2.24, 2.45) is 0 Å². The van der Waals surface area contributed by atoms with Crippen LogP contribution in [0.5, 0.6) is 0 Å². The quantitative estimate of drug-likeness (QED) is 0.810. The molecule has 0 aromatic heterocycles. The van der Waals surface area contributed by atoms with Gasteiger partial charge in [-0.1, -0.05) is 0 Å². The van der Waals surface area contributed by atoms with Crippen LogP contribution in [-0.4, -0.2) is 71.2 Å². The lowest BCUT2D eigenvalue weighted by molar-refractivity contribution is -0.142. The van der Waals surface area contributed by atoms with Crippen molar-refractivity contribution >= 4 is 11.9 Å². The molecule has 1 saturated heterocycles. The predicted molar refractivity (Wildman–Crippen MR) is 75.6 cm³/mol. The van der Waals surface area contributed by atoms with Crippen LogP contribution in [0.2, 0.25) is 0 Å². The van der Waals surface area contributed by atoms with Crippen LogP contribution in [0.25, 0.3) is 0 Å². The van der Waals surface area contributed by atoms with Gasteiger partial charge in [0, 0.05) is 25.2 Å². The van der Waals surface area contributed by atoms with E-state index in [4.69, 9.17) is 9.84 Å². The standard InChI is InChI=1S/C14H26N2O4/c1-11-9-15(7-8-20-11)12(17)10-16(14(2,3)4)6-5-13(18)19/h11H,5-10H2,1-4H3,(H,18,19). The van der Waals surface area contributed by atoms with Crippen LogP contribution in [0.3, 0.4) is 0 Å². The summed E-state index contributed by atoms with van der Waals surface area (Å²) in [7, 11) is 0. The number of carboxylic acid groups (broad SMARTS) is 1. The Bertz CT molecular complexity index is 352. The Labute approximate surface area is 120 Å². The Morgan fingerprint density at radius 2 is 2.05 bits per heavy atom. The molecule has 20 heavy (non-hydrogen) atoms. The highest BCUT2D eigenvalue weighted by Crippen LogP contribution is 2.15. The Balaban J connectivity index is 2.59. The lowest BCUT2D eigenvalue weighted by Gasteiger charge is -2.38. The van der Waals surface area contributed by atoms with Gasteiger partial charge in [0.05, 0.1) is 25.7 Å². The Morgan fingerprint density at radius 1 is 1.40 bits per heavy atom. The Kier molecular flexibility index (Phi) is 5.95. The molecule has 1 aliphatic rings. The molecule has 1 aliphatic heterocycles. The van der Waals surface area contributed by atoms with Crippen molar-refractivity contribution in [2.45, 2.75) is 45.8 Å². The molecule has 1 heterocycles. The minimum absolute atomic E-state index is 0.0421. The molecule has 0 bridgehead atoms. The van der Waals surface area contributed by atoms with Gasteiger partial charge in [0.1, 0.15) is 0 Å². The average molecular weight is 286 g/mol. The molecule has 6 heteroatoms. The topological polar surface area (TPSA) is 70.1 Å². The van der Waals surface area contributed by atoms with Gasteiger partial charge in [-0.2, -0.15) is 0 Å². The van der Waals surface area contributed by atoms with Crippen molar-refractivity contribution in [3.05, 3.63) is 0 Å². The molecule has 0 spiro atoms. The summed E-state index contributed by atoms with van der Waals surface area (Å²) in [5.41, 5.74) is -0.233. The number of rotatable bonds is 5. The van der Waals surface area contributed by atoms with Crippen LogP contribution in [0, 0.1) is 0 Å². The average Bonchev–Trinajstić information content (AvgIpc) is 2.32. The van der Waals surface area contributed by atoms with Gasteiger partial charge < -0.3 is 14.7 Å². The van der Waals surface area contributed by atoms with E-state index < -0.39 is 5.97 Å². The maximum atomic E-state index is 12.3. The molecule has 1 amide bonds. The molecule has 1 fully saturated rings. The van der Waals surface area contributed by atoms with E-state index in [-0.39, 0.29) is 30.5 Å². The highest BCUT2D eigenvalue weighted by atomic mass is 16.5. The highest BCUT2D eigenvalue weighted by molar-refractivity contribution is 5.78. The van der Waals surface area contributed by atoms with Crippen LogP contribution in [0.1, 0.15) is 34.1 Å². The maximum Gasteiger partial charge on any atom is 0.304 e. The SMILES string of the molecule is CC1CN(C(=O)CN(CCC(=O)O)C(C)(C)C)CCO1. The number of aliphatic carboxylic acids is 1. The highest BCUT2D eigenvalue weighted by Gasteiger charge is 2.28. The molecule has 0 saturated carbocycles. The van der Waals surface area contributed by atoms with E-state index in [0.29, 0.717) is 26.2 Å². The van der Waals surface area contributed by atoms with Gasteiger partial charge >= 0.3 is 5.97 Å². The van der Waals surface area contributed by atoms with Crippen LogP contribution in [0.4, 0.5) is 0 Å². The molecule has 116 valence electrons. The summed E-state index contributed by atoms with van der Waals surface area (Å²) in [6.45, 7) is 10.3. The third-order valence-corrected chi connectivity index (χ3v) is 3.46. The lowest BCUT2D eigenvalue weighted by Crippen LogP contribution is -2.52. The van der Waals surface area contributed by atoms with E-state index in [0.717, 1.165) is 0 Å². The zero-order valence-corrected chi connectivity index (χ0v) is 12.9. The monoisotopic (exact) mass is 286 g/mol. The van der Waals surface area contributed by atoms with Crippen molar-refractivity contribution in [3.63, 3.8) is 0 Å². The summed E-state index contributed by atoms with van der Waals surface area (Å²) >= 11 is 0. The number of amides is 1. The molecule has 1 unspecified atom stereocenters. The molecule has 1 rings (SSSR count). The van der Waals surface area contributed by atoms with E-state index in [2.05, 4.69) is 0 Å². The summed E-state index contributed by atoms with van der Waals surface area (Å²) in [5.74, 6) is -0.799. The number of carbonyl (C=O) groups is 2. The van der Waals surface area contributed by atoms with Crippen LogP contribution >= 0.6 is 0 Å². The molecule has 0 aromatic carbocycles. The summed E-state index contributed by atoms with van der Waals surface area (Å²) in [6, 6.07) is 0. The normalized spacial score (nSPS) is 20.2. The van der Waals surface area contributed by atoms with Gasteiger partial charge in [-0.15, -0.1) is 0 Å². The van der Waals surface area contributed by atoms with E-state index >= 15 is 0 Å². The summed E-state index contributed by atoms with van der Waals surface area (Å²) in [6.07, 6.45) is 0.110. The largest absolute Gasteiger partial charge is 0.481 e. The smallest absolute Gasteiger partial charge is 0.304 e. The molecule has 0 radical (unpaired) electrons. The molecule has 6 nitrogen and oxygen atoms in total. The Morgan fingerprint density at radius 3 is 2.55 bits per heavy atom. The van der Waals surface area contributed by atoms with Gasteiger partial charge in [-0.3, -0.25) is 14.5 Å². The minimum Gasteiger partial charge on any atom is -0.481 e. The second kappa shape index (κ2) is 7.04. The van der Waals surface area contributed by atoms with Crippen molar-refractivity contribution in [1.82, 2.24) is 9.80 Å². The van der Waals surface area contributed by atoms with E-state index in [1.54, 1.807) is 4.90 Å². The number of hydrogen-bond acceptors (Lipinski definition) is 4. The summed E-state index contributed by atoms with van der Waals surface area (Å²) < 4.78 is 5.42.